The maximum atomic E-state index is 11.8. The van der Waals surface area contributed by atoms with Crippen LogP contribution in [0.15, 0.2) is 29.4 Å². The Balaban J connectivity index is 1.65. The molecule has 1 amide bonds. The van der Waals surface area contributed by atoms with Crippen LogP contribution in [0.5, 0.6) is 0 Å². The molecule has 4 nitrogen and oxygen atoms in total. The second-order valence-electron chi connectivity index (χ2n) is 6.78. The quantitative estimate of drug-likeness (QED) is 0.512. The minimum atomic E-state index is -0.280. The molecule has 7 heteroatoms. The van der Waals surface area contributed by atoms with Gasteiger partial charge in [-0.1, -0.05) is 23.2 Å². The van der Waals surface area contributed by atoms with Crippen LogP contribution in [0.2, 0.25) is 10.0 Å². The Labute approximate surface area is 169 Å². The lowest BCUT2D eigenvalue weighted by molar-refractivity contribution is -0.112. The topological polar surface area (TPSA) is 41.6 Å². The van der Waals surface area contributed by atoms with Crippen molar-refractivity contribution in [3.05, 3.63) is 34.5 Å². The number of nitrogens with one attached hydrogen (secondary N) is 1. The lowest BCUT2D eigenvalue weighted by Crippen LogP contribution is -2.40. The van der Waals surface area contributed by atoms with Crippen molar-refractivity contribution in [1.82, 2.24) is 4.90 Å². The lowest BCUT2D eigenvalue weighted by atomic mass is 10.0. The summed E-state index contributed by atoms with van der Waals surface area (Å²) in [6, 6.07) is 4.87. The molecule has 0 spiro atoms. The molecule has 2 heterocycles. The van der Waals surface area contributed by atoms with E-state index in [2.05, 4.69) is 17.3 Å². The van der Waals surface area contributed by atoms with Crippen molar-refractivity contribution < 1.29 is 9.53 Å². The number of carbonyl (C=O) groups excluding carboxylic acids is 1. The van der Waals surface area contributed by atoms with Crippen molar-refractivity contribution in [2.24, 2.45) is 0 Å². The highest BCUT2D eigenvalue weighted by atomic mass is 35.5. The van der Waals surface area contributed by atoms with Crippen molar-refractivity contribution in [2.75, 3.05) is 19.0 Å². The molecule has 2 unspecified atom stereocenters. The molecule has 0 saturated carbocycles. The van der Waals surface area contributed by atoms with Gasteiger partial charge in [-0.3, -0.25) is 4.79 Å². The molecular weight excluding hydrogens is 391 g/mol. The first-order chi connectivity index (χ1) is 12.5. The minimum absolute atomic E-state index is 0.280. The minimum Gasteiger partial charge on any atom is -0.501 e. The average molecular weight is 415 g/mol. The first kappa shape index (κ1) is 19.9. The maximum absolute atomic E-state index is 11.8. The van der Waals surface area contributed by atoms with Gasteiger partial charge in [-0.25, -0.2) is 0 Å². The first-order valence-electron chi connectivity index (χ1n) is 8.94. The van der Waals surface area contributed by atoms with Crippen LogP contribution in [0.3, 0.4) is 0 Å². The molecule has 142 valence electrons. The number of halogens is 2. The van der Waals surface area contributed by atoms with Gasteiger partial charge in [-0.05, 0) is 51.8 Å². The number of rotatable bonds is 6. The number of amides is 1. The molecule has 2 aliphatic heterocycles. The van der Waals surface area contributed by atoms with Gasteiger partial charge in [0.2, 0.25) is 0 Å². The number of thioether (sulfide) groups is 1. The molecule has 2 saturated heterocycles. The van der Waals surface area contributed by atoms with E-state index in [1.54, 1.807) is 23.9 Å². The maximum Gasteiger partial charge on any atom is 0.251 e. The van der Waals surface area contributed by atoms with Gasteiger partial charge in [0, 0.05) is 34.0 Å². The van der Waals surface area contributed by atoms with Gasteiger partial charge >= 0.3 is 0 Å². The number of anilines is 1. The first-order valence-corrected chi connectivity index (χ1v) is 10.6. The molecule has 2 bridgehead atoms. The van der Waals surface area contributed by atoms with Crippen LogP contribution < -0.4 is 5.32 Å². The van der Waals surface area contributed by atoms with Gasteiger partial charge in [0.1, 0.15) is 0 Å². The fourth-order valence-corrected chi connectivity index (χ4v) is 5.83. The zero-order valence-electron chi connectivity index (χ0n) is 15.0. The predicted molar refractivity (Wildman–Crippen MR) is 109 cm³/mol. The molecule has 0 radical (unpaired) electrons. The summed E-state index contributed by atoms with van der Waals surface area (Å²) in [5.41, 5.74) is 0.582. The molecule has 0 aromatic heterocycles. The number of benzene rings is 1. The Morgan fingerprint density at radius 1 is 1.31 bits per heavy atom. The average Bonchev–Trinajstić information content (AvgIpc) is 2.80. The van der Waals surface area contributed by atoms with E-state index in [0.717, 1.165) is 4.90 Å². The van der Waals surface area contributed by atoms with E-state index in [1.807, 2.05) is 6.92 Å². The number of nitrogens with zero attached hydrogens (tertiary/aromatic N) is 1. The third-order valence-electron chi connectivity index (χ3n) is 5.09. The highest BCUT2D eigenvalue weighted by Crippen LogP contribution is 2.45. The number of fused-ring (bicyclic) bond motifs is 2. The van der Waals surface area contributed by atoms with Crippen LogP contribution in [0.25, 0.3) is 0 Å². The van der Waals surface area contributed by atoms with Crippen LogP contribution in [0.4, 0.5) is 5.69 Å². The second kappa shape index (κ2) is 8.87. The summed E-state index contributed by atoms with van der Waals surface area (Å²) in [7, 11) is 2.24. The van der Waals surface area contributed by atoms with Gasteiger partial charge < -0.3 is 15.0 Å². The van der Waals surface area contributed by atoms with E-state index >= 15 is 0 Å². The summed E-state index contributed by atoms with van der Waals surface area (Å²) in [6.45, 7) is 2.37. The van der Waals surface area contributed by atoms with E-state index in [4.69, 9.17) is 27.9 Å². The summed E-state index contributed by atoms with van der Waals surface area (Å²) < 4.78 is 5.02. The zero-order valence-corrected chi connectivity index (χ0v) is 17.3. The Hall–Kier alpha value is -0.880. The Morgan fingerprint density at radius 3 is 2.50 bits per heavy atom. The van der Waals surface area contributed by atoms with Crippen molar-refractivity contribution in [1.29, 1.82) is 0 Å². The van der Waals surface area contributed by atoms with Gasteiger partial charge in [0.25, 0.3) is 5.91 Å². The van der Waals surface area contributed by atoms with Crippen LogP contribution in [-0.4, -0.2) is 41.8 Å². The fourth-order valence-electron chi connectivity index (χ4n) is 3.76. The predicted octanol–water partition coefficient (Wildman–Crippen LogP) is 5.20. The number of piperidine rings is 1. The largest absolute Gasteiger partial charge is 0.501 e. The molecule has 2 fully saturated rings. The Kier molecular flexibility index (Phi) is 6.78. The number of hydrogen-bond donors (Lipinski definition) is 1. The highest BCUT2D eigenvalue weighted by Gasteiger charge is 2.39. The van der Waals surface area contributed by atoms with Gasteiger partial charge in [0.05, 0.1) is 22.9 Å². The van der Waals surface area contributed by atoms with Gasteiger partial charge in [0.15, 0.2) is 0 Å². The van der Waals surface area contributed by atoms with Crippen molar-refractivity contribution in [2.45, 2.75) is 54.8 Å². The molecule has 1 aromatic rings. The van der Waals surface area contributed by atoms with E-state index < -0.39 is 0 Å². The van der Waals surface area contributed by atoms with E-state index in [9.17, 15) is 4.79 Å². The van der Waals surface area contributed by atoms with E-state index in [-0.39, 0.29) is 5.91 Å². The monoisotopic (exact) mass is 414 g/mol. The summed E-state index contributed by atoms with van der Waals surface area (Å²) in [5.74, 6) is -0.280. The molecule has 0 aliphatic carbocycles. The third kappa shape index (κ3) is 4.69. The standard InChI is InChI=1S/C19H24Cl2N2O2S/c1-3-25-7-6-18(24)22-12-8-16(20)19(17(21)9-12)26-15-10-13-4-5-14(11-15)23(13)2/h6-9,13-15H,3-5,10-11H2,1-2H3,(H,22,24)/b7-6-. The fraction of sp³-hybridized carbons (Fsp3) is 0.526. The second-order valence-corrected chi connectivity index (χ2v) is 8.90. The molecule has 26 heavy (non-hydrogen) atoms. The molecule has 2 aliphatic rings. The lowest BCUT2D eigenvalue weighted by Gasteiger charge is -2.36. The smallest absolute Gasteiger partial charge is 0.251 e. The molecule has 1 aromatic carbocycles. The summed E-state index contributed by atoms with van der Waals surface area (Å²) in [5, 5.41) is 4.45. The summed E-state index contributed by atoms with van der Waals surface area (Å²) in [6.07, 6.45) is 7.63. The zero-order chi connectivity index (χ0) is 18.7. The molecule has 2 atom stereocenters. The van der Waals surface area contributed by atoms with Crippen LogP contribution >= 0.6 is 35.0 Å². The van der Waals surface area contributed by atoms with Crippen molar-refractivity contribution >= 4 is 46.6 Å². The number of hydrogen-bond acceptors (Lipinski definition) is 4. The Morgan fingerprint density at radius 2 is 1.92 bits per heavy atom. The van der Waals surface area contributed by atoms with Crippen molar-refractivity contribution in [3.8, 4) is 0 Å². The van der Waals surface area contributed by atoms with Crippen LogP contribution in [0.1, 0.15) is 32.6 Å². The summed E-state index contributed by atoms with van der Waals surface area (Å²) in [4.78, 5) is 15.3. The van der Waals surface area contributed by atoms with Gasteiger partial charge in [-0.2, -0.15) is 0 Å². The normalized spacial score (nSPS) is 25.6. The third-order valence-corrected chi connectivity index (χ3v) is 7.30. The van der Waals surface area contributed by atoms with Crippen molar-refractivity contribution in [3.63, 3.8) is 0 Å². The number of carbonyl (C=O) groups is 1. The van der Waals surface area contributed by atoms with Crippen LogP contribution in [-0.2, 0) is 9.53 Å². The summed E-state index contributed by atoms with van der Waals surface area (Å²) >= 11 is 14.7. The number of ether oxygens (including phenoxy) is 1. The molecule has 3 rings (SSSR count). The molecule has 1 N–H and O–H groups in total. The molecular formula is C19H24Cl2N2O2S. The van der Waals surface area contributed by atoms with Gasteiger partial charge in [-0.15, -0.1) is 11.8 Å². The van der Waals surface area contributed by atoms with E-state index in [0.29, 0.717) is 39.7 Å². The SMILES string of the molecule is CCO/C=C\C(=O)Nc1cc(Cl)c(SC2CC3CCC(C2)N3C)c(Cl)c1. The Bertz CT molecular complexity index is 661. The van der Waals surface area contributed by atoms with E-state index in [1.165, 1.54) is 38.0 Å². The highest BCUT2D eigenvalue weighted by molar-refractivity contribution is 8.00. The van der Waals surface area contributed by atoms with Crippen LogP contribution in [0, 0.1) is 0 Å².